The predicted octanol–water partition coefficient (Wildman–Crippen LogP) is 1.88. The molecule has 0 aliphatic heterocycles. The van der Waals surface area contributed by atoms with Gasteiger partial charge in [0.1, 0.15) is 5.52 Å². The van der Waals surface area contributed by atoms with Gasteiger partial charge in [-0.15, -0.1) is 0 Å². The number of nitrogens with zero attached hydrogens (tertiary/aromatic N) is 3. The summed E-state index contributed by atoms with van der Waals surface area (Å²) in [5.74, 6) is 0. The van der Waals surface area contributed by atoms with E-state index in [9.17, 15) is 0 Å². The third-order valence-electron chi connectivity index (χ3n) is 2.13. The zero-order valence-electron chi connectivity index (χ0n) is 6.88. The summed E-state index contributed by atoms with van der Waals surface area (Å²) in [5.41, 5.74) is 2.06. The molecule has 3 heteroatoms. The molecule has 0 spiro atoms. The van der Waals surface area contributed by atoms with Crippen molar-refractivity contribution < 1.29 is 0 Å². The van der Waals surface area contributed by atoms with Crippen LogP contribution in [0.25, 0.3) is 16.4 Å². The van der Waals surface area contributed by atoms with Gasteiger partial charge < -0.3 is 0 Å². The summed E-state index contributed by atoms with van der Waals surface area (Å²) in [7, 11) is 0. The van der Waals surface area contributed by atoms with Crippen molar-refractivity contribution >= 4 is 16.4 Å². The van der Waals surface area contributed by atoms with Gasteiger partial charge in [-0.2, -0.15) is 5.10 Å². The summed E-state index contributed by atoms with van der Waals surface area (Å²) in [6.45, 7) is 0. The van der Waals surface area contributed by atoms with Crippen molar-refractivity contribution in [3.05, 3.63) is 42.9 Å². The molecule has 0 saturated heterocycles. The monoisotopic (exact) mass is 169 g/mol. The topological polar surface area (TPSA) is 30.2 Å². The summed E-state index contributed by atoms with van der Waals surface area (Å²) >= 11 is 0. The maximum atomic E-state index is 4.37. The van der Waals surface area contributed by atoms with Crippen LogP contribution in [0.5, 0.6) is 0 Å². The van der Waals surface area contributed by atoms with Gasteiger partial charge in [0, 0.05) is 17.8 Å². The average molecular weight is 169 g/mol. The van der Waals surface area contributed by atoms with E-state index >= 15 is 0 Å². The number of hydrogen-bond acceptors (Lipinski definition) is 2. The van der Waals surface area contributed by atoms with E-state index in [1.54, 1.807) is 12.4 Å². The second-order valence-corrected chi connectivity index (χ2v) is 2.92. The fraction of sp³-hybridized carbons (Fsp3) is 0. The van der Waals surface area contributed by atoms with Crippen molar-refractivity contribution in [2.45, 2.75) is 0 Å². The molecule has 0 N–H and O–H groups in total. The van der Waals surface area contributed by atoms with Crippen LogP contribution in [-0.2, 0) is 0 Å². The van der Waals surface area contributed by atoms with Crippen LogP contribution >= 0.6 is 0 Å². The van der Waals surface area contributed by atoms with Crippen molar-refractivity contribution in [1.82, 2.24) is 14.6 Å². The van der Waals surface area contributed by atoms with E-state index < -0.39 is 0 Å². The lowest BCUT2D eigenvalue weighted by Gasteiger charge is -1.88. The van der Waals surface area contributed by atoms with E-state index in [0.717, 1.165) is 16.4 Å². The highest BCUT2D eigenvalue weighted by molar-refractivity contribution is 5.93. The van der Waals surface area contributed by atoms with Crippen LogP contribution in [0.3, 0.4) is 0 Å². The molecule has 0 radical (unpaired) electrons. The first-order valence-corrected chi connectivity index (χ1v) is 4.12. The summed E-state index contributed by atoms with van der Waals surface area (Å²) in [6.07, 6.45) is 5.51. The van der Waals surface area contributed by atoms with Gasteiger partial charge in [0.15, 0.2) is 0 Å². The Kier molecular flexibility index (Phi) is 1.16. The maximum Gasteiger partial charge on any atom is 0.112 e. The Morgan fingerprint density at radius 3 is 3.15 bits per heavy atom. The van der Waals surface area contributed by atoms with Crippen molar-refractivity contribution in [2.75, 3.05) is 0 Å². The molecule has 0 aromatic carbocycles. The molecule has 3 heterocycles. The van der Waals surface area contributed by atoms with E-state index in [1.165, 1.54) is 0 Å². The highest BCUT2D eigenvalue weighted by Gasteiger charge is 2.01. The third-order valence-corrected chi connectivity index (χ3v) is 2.13. The van der Waals surface area contributed by atoms with Crippen LogP contribution in [0.15, 0.2) is 42.9 Å². The summed E-state index contributed by atoms with van der Waals surface area (Å²) < 4.78 is 1.87. The molecule has 0 unspecified atom stereocenters. The summed E-state index contributed by atoms with van der Waals surface area (Å²) in [4.78, 5) is 4.03. The summed E-state index contributed by atoms with van der Waals surface area (Å²) in [5, 5.41) is 5.52. The second-order valence-electron chi connectivity index (χ2n) is 2.92. The van der Waals surface area contributed by atoms with Gasteiger partial charge in [-0.1, -0.05) is 6.07 Å². The highest BCUT2D eigenvalue weighted by atomic mass is 15.2. The van der Waals surface area contributed by atoms with Crippen LogP contribution in [-0.4, -0.2) is 14.6 Å². The number of rotatable bonds is 0. The predicted molar refractivity (Wildman–Crippen MR) is 50.5 cm³/mol. The fourth-order valence-electron chi connectivity index (χ4n) is 1.53. The van der Waals surface area contributed by atoms with E-state index in [1.807, 2.05) is 28.9 Å². The first-order valence-electron chi connectivity index (χ1n) is 4.12. The molecule has 0 fully saturated rings. The Morgan fingerprint density at radius 1 is 1.15 bits per heavy atom. The lowest BCUT2D eigenvalue weighted by molar-refractivity contribution is 0.980. The van der Waals surface area contributed by atoms with E-state index in [0.29, 0.717) is 0 Å². The minimum absolute atomic E-state index is 0.939. The molecule has 0 amide bonds. The van der Waals surface area contributed by atoms with Gasteiger partial charge in [0.2, 0.25) is 0 Å². The molecule has 3 nitrogen and oxygen atoms in total. The summed E-state index contributed by atoms with van der Waals surface area (Å²) in [6, 6.07) is 8.01. The largest absolute Gasteiger partial charge is 0.262 e. The molecule has 13 heavy (non-hydrogen) atoms. The van der Waals surface area contributed by atoms with E-state index in [4.69, 9.17) is 0 Å². The van der Waals surface area contributed by atoms with Crippen molar-refractivity contribution in [2.24, 2.45) is 0 Å². The Labute approximate surface area is 74.6 Å². The first kappa shape index (κ1) is 6.60. The minimum atomic E-state index is 0.939. The quantitative estimate of drug-likeness (QED) is 0.514. The van der Waals surface area contributed by atoms with Crippen LogP contribution in [0.1, 0.15) is 0 Å². The van der Waals surface area contributed by atoms with Crippen LogP contribution in [0, 0.1) is 0 Å². The molecule has 3 aromatic rings. The smallest absolute Gasteiger partial charge is 0.112 e. The van der Waals surface area contributed by atoms with Gasteiger partial charge in [-0.05, 0) is 18.2 Å². The lowest BCUT2D eigenvalue weighted by atomic mass is 10.3. The Bertz CT molecular complexity index is 518. The van der Waals surface area contributed by atoms with Crippen molar-refractivity contribution in [3.63, 3.8) is 0 Å². The Hall–Kier alpha value is -1.90. The number of fused-ring (bicyclic) bond motifs is 3. The van der Waals surface area contributed by atoms with E-state index in [2.05, 4.69) is 16.1 Å². The highest BCUT2D eigenvalue weighted by Crippen LogP contribution is 2.16. The number of pyridine rings is 2. The fourth-order valence-corrected chi connectivity index (χ4v) is 1.53. The van der Waals surface area contributed by atoms with Crippen LogP contribution in [0.2, 0.25) is 0 Å². The third kappa shape index (κ3) is 0.839. The van der Waals surface area contributed by atoms with Gasteiger partial charge in [0.25, 0.3) is 0 Å². The SMILES string of the molecule is c1ccn2nc3cnccc3c2c1. The van der Waals surface area contributed by atoms with Gasteiger partial charge in [0.05, 0.1) is 11.7 Å². The number of aromatic nitrogens is 3. The molecule has 0 saturated carbocycles. The molecule has 3 aromatic heterocycles. The zero-order valence-corrected chi connectivity index (χ0v) is 6.88. The Morgan fingerprint density at radius 2 is 2.15 bits per heavy atom. The normalized spacial score (nSPS) is 11.1. The molecule has 62 valence electrons. The molecular formula is C10H7N3. The Balaban J connectivity index is 2.64. The average Bonchev–Trinajstić information content (AvgIpc) is 2.56. The van der Waals surface area contributed by atoms with E-state index in [-0.39, 0.29) is 0 Å². The van der Waals surface area contributed by atoms with Gasteiger partial charge in [-0.25, -0.2) is 4.52 Å². The van der Waals surface area contributed by atoms with Crippen molar-refractivity contribution in [3.8, 4) is 0 Å². The standard InChI is InChI=1S/C10H7N3/c1-2-6-13-10(3-1)8-4-5-11-7-9(8)12-13/h1-7H. The van der Waals surface area contributed by atoms with Crippen molar-refractivity contribution in [1.29, 1.82) is 0 Å². The minimum Gasteiger partial charge on any atom is -0.262 e. The molecular weight excluding hydrogens is 162 g/mol. The molecule has 0 atom stereocenters. The first-order chi connectivity index (χ1) is 6.45. The maximum absolute atomic E-state index is 4.37. The van der Waals surface area contributed by atoms with Crippen LogP contribution < -0.4 is 0 Å². The molecule has 0 aliphatic rings. The lowest BCUT2D eigenvalue weighted by Crippen LogP contribution is -1.82. The molecule has 0 aliphatic carbocycles. The number of hydrogen-bond donors (Lipinski definition) is 0. The van der Waals surface area contributed by atoms with Gasteiger partial charge in [-0.3, -0.25) is 4.98 Å². The zero-order chi connectivity index (χ0) is 8.67. The second kappa shape index (κ2) is 2.29. The van der Waals surface area contributed by atoms with Crippen LogP contribution in [0.4, 0.5) is 0 Å². The molecule has 3 rings (SSSR count). The van der Waals surface area contributed by atoms with Gasteiger partial charge >= 0.3 is 0 Å². The molecule has 0 bridgehead atoms.